The molecule has 0 heterocycles. The van der Waals surface area contributed by atoms with Gasteiger partial charge in [-0.2, -0.15) is 4.74 Å². The topological polar surface area (TPSA) is 46.4 Å². The first-order valence-electron chi connectivity index (χ1n) is 6.12. The van der Waals surface area contributed by atoms with Crippen LogP contribution in [0.4, 0.5) is 5.69 Å². The van der Waals surface area contributed by atoms with Crippen LogP contribution in [0, 0.1) is 5.21 Å². The molecule has 0 unspecified atom stereocenters. The molecule has 4 heteroatoms. The van der Waals surface area contributed by atoms with Gasteiger partial charge in [0.15, 0.2) is 0 Å². The van der Waals surface area contributed by atoms with E-state index >= 15 is 0 Å². The second-order valence-corrected chi connectivity index (χ2v) is 4.72. The predicted octanol–water partition coefficient (Wildman–Crippen LogP) is 2.54. The van der Waals surface area contributed by atoms with Crippen LogP contribution in [0.1, 0.15) is 27.7 Å². The van der Waals surface area contributed by atoms with Crippen LogP contribution >= 0.6 is 0 Å². The van der Waals surface area contributed by atoms with Gasteiger partial charge in [-0.1, -0.05) is 18.2 Å². The van der Waals surface area contributed by atoms with Crippen molar-refractivity contribution < 1.29 is 9.53 Å². The average Bonchev–Trinajstić information content (AvgIpc) is 2.28. The van der Waals surface area contributed by atoms with E-state index < -0.39 is 0 Å². The van der Waals surface area contributed by atoms with Crippen molar-refractivity contribution in [2.45, 2.75) is 39.8 Å². The molecule has 0 saturated heterocycles. The van der Waals surface area contributed by atoms with Gasteiger partial charge >= 0.3 is 5.91 Å². The lowest BCUT2D eigenvalue weighted by Gasteiger charge is -2.28. The fourth-order valence-electron chi connectivity index (χ4n) is 1.92. The second-order valence-electron chi connectivity index (χ2n) is 4.72. The standard InChI is InChI=1S/C14H20N2O2/c1-11(2)16(12(3)4)14(17)10-15(18)13-8-6-5-7-9-13/h5-12H,1-4H3/b15-10-. The van der Waals surface area contributed by atoms with Gasteiger partial charge < -0.3 is 10.1 Å². The van der Waals surface area contributed by atoms with Crippen LogP contribution in [0.5, 0.6) is 0 Å². The summed E-state index contributed by atoms with van der Waals surface area (Å²) >= 11 is 0. The van der Waals surface area contributed by atoms with Crippen molar-refractivity contribution in [3.05, 3.63) is 35.5 Å². The molecule has 0 aliphatic carbocycles. The third kappa shape index (κ3) is 3.58. The zero-order valence-electron chi connectivity index (χ0n) is 11.3. The minimum absolute atomic E-state index is 0.0675. The molecule has 4 nitrogen and oxygen atoms in total. The Balaban J connectivity index is 2.91. The summed E-state index contributed by atoms with van der Waals surface area (Å²) in [6.45, 7) is 7.74. The fraction of sp³-hybridized carbons (Fsp3) is 0.429. The molecule has 1 aromatic rings. The second kappa shape index (κ2) is 6.19. The summed E-state index contributed by atoms with van der Waals surface area (Å²) in [5, 5.41) is 11.8. The minimum Gasteiger partial charge on any atom is -0.618 e. The number of amides is 1. The van der Waals surface area contributed by atoms with Gasteiger partial charge in [-0.05, 0) is 27.7 Å². The molecule has 0 fully saturated rings. The molecule has 98 valence electrons. The first-order chi connectivity index (χ1) is 8.43. The highest BCUT2D eigenvalue weighted by molar-refractivity contribution is 6.24. The molecule has 1 amide bonds. The van der Waals surface area contributed by atoms with Crippen molar-refractivity contribution >= 4 is 17.8 Å². The molecule has 1 rings (SSSR count). The maximum absolute atomic E-state index is 12.0. The van der Waals surface area contributed by atoms with Gasteiger partial charge in [0.2, 0.25) is 11.9 Å². The molecule has 0 spiro atoms. The third-order valence-corrected chi connectivity index (χ3v) is 2.61. The number of nitrogens with zero attached hydrogens (tertiary/aromatic N) is 2. The van der Waals surface area contributed by atoms with E-state index in [1.165, 1.54) is 0 Å². The highest BCUT2D eigenvalue weighted by Gasteiger charge is 2.21. The highest BCUT2D eigenvalue weighted by atomic mass is 16.5. The maximum atomic E-state index is 12.0. The number of carbonyl (C=O) groups is 1. The van der Waals surface area contributed by atoms with Gasteiger partial charge in [0.25, 0.3) is 0 Å². The summed E-state index contributed by atoms with van der Waals surface area (Å²) in [6, 6.07) is 8.84. The lowest BCUT2D eigenvalue weighted by Crippen LogP contribution is -2.43. The Labute approximate surface area is 108 Å². The monoisotopic (exact) mass is 248 g/mol. The van der Waals surface area contributed by atoms with E-state index in [2.05, 4.69) is 0 Å². The van der Waals surface area contributed by atoms with Crippen molar-refractivity contribution in [1.29, 1.82) is 0 Å². The van der Waals surface area contributed by atoms with Crippen molar-refractivity contribution in [1.82, 2.24) is 4.90 Å². The molecular weight excluding hydrogens is 228 g/mol. The minimum atomic E-state index is -0.265. The molecule has 0 radical (unpaired) electrons. The largest absolute Gasteiger partial charge is 0.618 e. The van der Waals surface area contributed by atoms with Crippen LogP contribution in [0.25, 0.3) is 0 Å². The van der Waals surface area contributed by atoms with Crippen molar-refractivity contribution in [2.24, 2.45) is 0 Å². The molecular formula is C14H20N2O2. The Hall–Kier alpha value is -1.84. The van der Waals surface area contributed by atoms with Crippen LogP contribution < -0.4 is 0 Å². The molecule has 0 aliphatic rings. The number of rotatable bonds is 4. The van der Waals surface area contributed by atoms with E-state index in [0.717, 1.165) is 6.21 Å². The number of para-hydroxylation sites is 1. The van der Waals surface area contributed by atoms with Crippen LogP contribution in [0.2, 0.25) is 0 Å². The number of hydrogen-bond acceptors (Lipinski definition) is 2. The summed E-state index contributed by atoms with van der Waals surface area (Å²) in [5.74, 6) is -0.265. The van der Waals surface area contributed by atoms with Gasteiger partial charge in [-0.15, -0.1) is 0 Å². The lowest BCUT2D eigenvalue weighted by molar-refractivity contribution is -0.354. The smallest absolute Gasteiger partial charge is 0.312 e. The summed E-state index contributed by atoms with van der Waals surface area (Å²) in [7, 11) is 0. The first-order valence-corrected chi connectivity index (χ1v) is 6.12. The molecule has 0 bridgehead atoms. The quantitative estimate of drug-likeness (QED) is 0.356. The van der Waals surface area contributed by atoms with Crippen LogP contribution in [-0.4, -0.2) is 33.8 Å². The zero-order chi connectivity index (χ0) is 13.7. The Bertz CT molecular complexity index is 417. The van der Waals surface area contributed by atoms with E-state index in [1.54, 1.807) is 29.2 Å². The van der Waals surface area contributed by atoms with Crippen molar-refractivity contribution in [3.63, 3.8) is 0 Å². The molecule has 0 atom stereocenters. The van der Waals surface area contributed by atoms with E-state index in [-0.39, 0.29) is 18.0 Å². The summed E-state index contributed by atoms with van der Waals surface area (Å²) in [5.41, 5.74) is 0.457. The normalized spacial score (nSPS) is 12.0. The lowest BCUT2D eigenvalue weighted by atomic mass is 10.2. The number of hydrogen-bond donors (Lipinski definition) is 0. The molecule has 0 N–H and O–H groups in total. The molecule has 0 aliphatic heterocycles. The van der Waals surface area contributed by atoms with Crippen LogP contribution in [0.15, 0.2) is 30.3 Å². The van der Waals surface area contributed by atoms with E-state index in [0.29, 0.717) is 10.4 Å². The predicted molar refractivity (Wildman–Crippen MR) is 72.9 cm³/mol. The number of carbonyl (C=O) groups excluding carboxylic acids is 1. The van der Waals surface area contributed by atoms with Crippen LogP contribution in [0.3, 0.4) is 0 Å². The fourth-order valence-corrected chi connectivity index (χ4v) is 1.92. The Morgan fingerprint density at radius 1 is 1.17 bits per heavy atom. The van der Waals surface area contributed by atoms with Gasteiger partial charge in [0.1, 0.15) is 0 Å². The third-order valence-electron chi connectivity index (χ3n) is 2.61. The molecule has 0 saturated carbocycles. The van der Waals surface area contributed by atoms with E-state index in [4.69, 9.17) is 0 Å². The zero-order valence-corrected chi connectivity index (χ0v) is 11.3. The maximum Gasteiger partial charge on any atom is 0.312 e. The summed E-state index contributed by atoms with van der Waals surface area (Å²) in [4.78, 5) is 13.7. The number of benzene rings is 1. The summed E-state index contributed by atoms with van der Waals surface area (Å²) < 4.78 is 0.611. The Kier molecular flexibility index (Phi) is 4.89. The SMILES string of the molecule is CC(C)N(C(=O)/C=[N+](\[O-])c1ccccc1)C(C)C. The Morgan fingerprint density at radius 2 is 1.67 bits per heavy atom. The molecule has 0 aromatic heterocycles. The van der Waals surface area contributed by atoms with E-state index in [1.807, 2.05) is 33.8 Å². The summed E-state index contributed by atoms with van der Waals surface area (Å²) in [6.07, 6.45) is 1.09. The van der Waals surface area contributed by atoms with Gasteiger partial charge in [-0.25, -0.2) is 0 Å². The van der Waals surface area contributed by atoms with Crippen LogP contribution in [-0.2, 0) is 4.79 Å². The first kappa shape index (κ1) is 14.2. The molecule has 1 aromatic carbocycles. The van der Waals surface area contributed by atoms with E-state index in [9.17, 15) is 10.0 Å². The Morgan fingerprint density at radius 3 is 2.11 bits per heavy atom. The van der Waals surface area contributed by atoms with Crippen molar-refractivity contribution in [2.75, 3.05) is 0 Å². The molecule has 18 heavy (non-hydrogen) atoms. The van der Waals surface area contributed by atoms with Gasteiger partial charge in [0.05, 0.1) is 0 Å². The van der Waals surface area contributed by atoms with Crippen molar-refractivity contribution in [3.8, 4) is 0 Å². The van der Waals surface area contributed by atoms with Gasteiger partial charge in [-0.3, -0.25) is 4.79 Å². The highest BCUT2D eigenvalue weighted by Crippen LogP contribution is 2.09. The average molecular weight is 248 g/mol. The van der Waals surface area contributed by atoms with Gasteiger partial charge in [0, 0.05) is 24.2 Å².